The summed E-state index contributed by atoms with van der Waals surface area (Å²) in [4.78, 5) is 33.3. The molecule has 30 heavy (non-hydrogen) atoms. The van der Waals surface area contributed by atoms with Crippen molar-refractivity contribution in [2.45, 2.75) is 129 Å². The Balaban J connectivity index is 3.22. The van der Waals surface area contributed by atoms with Gasteiger partial charge in [-0.1, -0.05) is 77.0 Å². The predicted octanol–water partition coefficient (Wildman–Crippen LogP) is 5.77. The highest BCUT2D eigenvalue weighted by Gasteiger charge is 2.15. The van der Waals surface area contributed by atoms with Gasteiger partial charge in [0.1, 0.15) is 12.1 Å². The van der Waals surface area contributed by atoms with Crippen LogP contribution in [0.3, 0.4) is 0 Å². The molecule has 0 aromatic carbocycles. The van der Waals surface area contributed by atoms with Crippen molar-refractivity contribution in [1.29, 1.82) is 0 Å². The van der Waals surface area contributed by atoms with E-state index in [4.69, 9.17) is 9.84 Å². The molecule has 0 saturated heterocycles. The van der Waals surface area contributed by atoms with Crippen molar-refractivity contribution in [3.63, 3.8) is 0 Å². The summed E-state index contributed by atoms with van der Waals surface area (Å²) in [6.07, 6.45) is 17.5. The number of carbonyl (C=O) groups excluding carboxylic acids is 2. The van der Waals surface area contributed by atoms with Gasteiger partial charge in [0, 0.05) is 12.8 Å². The molecular weight excluding hydrogens is 382 g/mol. The van der Waals surface area contributed by atoms with Gasteiger partial charge in [-0.3, -0.25) is 14.4 Å². The van der Waals surface area contributed by atoms with Gasteiger partial charge >= 0.3 is 11.9 Å². The van der Waals surface area contributed by atoms with E-state index in [1.807, 2.05) is 20.8 Å². The van der Waals surface area contributed by atoms with Crippen molar-refractivity contribution in [3.8, 4) is 0 Å². The third-order valence-electron chi connectivity index (χ3n) is 4.89. The molecule has 0 aliphatic heterocycles. The van der Waals surface area contributed by atoms with E-state index in [0.29, 0.717) is 12.8 Å². The third-order valence-corrected chi connectivity index (χ3v) is 4.89. The molecule has 0 aromatic rings. The molecule has 0 aliphatic carbocycles. The maximum absolute atomic E-state index is 11.6. The van der Waals surface area contributed by atoms with Gasteiger partial charge in [0.25, 0.3) is 0 Å². The van der Waals surface area contributed by atoms with Crippen LogP contribution in [0.4, 0.5) is 0 Å². The lowest BCUT2D eigenvalue weighted by Crippen LogP contribution is -2.28. The van der Waals surface area contributed by atoms with Crippen LogP contribution in [0.2, 0.25) is 0 Å². The molecule has 0 aliphatic rings. The van der Waals surface area contributed by atoms with Crippen molar-refractivity contribution >= 4 is 17.8 Å². The smallest absolute Gasteiger partial charge is 0.322 e. The molecule has 0 fully saturated rings. The molecule has 0 spiro atoms. The van der Waals surface area contributed by atoms with Crippen molar-refractivity contribution in [2.24, 2.45) is 0 Å². The first-order valence-electron chi connectivity index (χ1n) is 11.9. The molecule has 0 unspecified atom stereocenters. The minimum Gasteiger partial charge on any atom is -0.480 e. The number of carbonyl (C=O) groups is 3. The fourth-order valence-electron chi connectivity index (χ4n) is 3.33. The average molecular weight is 428 g/mol. The van der Waals surface area contributed by atoms with E-state index in [1.54, 1.807) is 0 Å². The summed E-state index contributed by atoms with van der Waals surface area (Å²) in [6.45, 7) is 5.43. The zero-order valence-electron chi connectivity index (χ0n) is 19.6. The largest absolute Gasteiger partial charge is 0.480 e. The number of aliphatic carboxylic acids is 1. The Morgan fingerprint density at radius 1 is 0.667 bits per heavy atom. The van der Waals surface area contributed by atoms with Crippen molar-refractivity contribution in [3.05, 3.63) is 0 Å². The maximum atomic E-state index is 11.6. The molecule has 0 saturated carbocycles. The molecule has 2 N–H and O–H groups in total. The number of esters is 1. The highest BCUT2D eigenvalue weighted by Crippen LogP contribution is 2.15. The lowest BCUT2D eigenvalue weighted by atomic mass is 10.0. The van der Waals surface area contributed by atoms with Gasteiger partial charge in [0.05, 0.1) is 0 Å². The van der Waals surface area contributed by atoms with Crippen LogP contribution < -0.4 is 5.32 Å². The van der Waals surface area contributed by atoms with Crippen LogP contribution in [0.25, 0.3) is 0 Å². The lowest BCUT2D eigenvalue weighted by molar-refractivity contribution is -0.155. The molecule has 0 bridgehead atoms. The van der Waals surface area contributed by atoms with Crippen LogP contribution in [0, 0.1) is 0 Å². The number of hydrogen-bond donors (Lipinski definition) is 2. The Hall–Kier alpha value is -1.59. The second kappa shape index (κ2) is 18.2. The van der Waals surface area contributed by atoms with Crippen molar-refractivity contribution in [2.75, 3.05) is 6.54 Å². The highest BCUT2D eigenvalue weighted by molar-refractivity contribution is 5.80. The molecule has 0 radical (unpaired) electrons. The number of nitrogens with one attached hydrogen (secondary N) is 1. The Morgan fingerprint density at radius 2 is 1.03 bits per heavy atom. The van der Waals surface area contributed by atoms with Crippen LogP contribution in [-0.2, 0) is 19.1 Å². The van der Waals surface area contributed by atoms with Crippen molar-refractivity contribution < 1.29 is 24.2 Å². The van der Waals surface area contributed by atoms with E-state index < -0.39 is 5.97 Å². The normalized spacial score (nSPS) is 11.3. The van der Waals surface area contributed by atoms with Gasteiger partial charge in [-0.25, -0.2) is 0 Å². The van der Waals surface area contributed by atoms with Gasteiger partial charge in [0.2, 0.25) is 5.91 Å². The van der Waals surface area contributed by atoms with E-state index in [-0.39, 0.29) is 24.0 Å². The van der Waals surface area contributed by atoms with Crippen LogP contribution >= 0.6 is 0 Å². The van der Waals surface area contributed by atoms with Crippen LogP contribution in [-0.4, -0.2) is 35.1 Å². The van der Waals surface area contributed by atoms with E-state index >= 15 is 0 Å². The van der Waals surface area contributed by atoms with Gasteiger partial charge in [0.15, 0.2) is 0 Å². The molecule has 0 heterocycles. The first-order chi connectivity index (χ1) is 14.2. The topological polar surface area (TPSA) is 92.7 Å². The standard InChI is InChI=1S/C24H45NO5/c1-24(2,3)30-23(29)19-17-15-13-11-9-7-5-4-6-8-10-12-14-16-18-21(26)25-20-22(27)28/h4-20H2,1-3H3,(H,25,26)(H,27,28). The Kier molecular flexibility index (Phi) is 17.2. The van der Waals surface area contributed by atoms with Crippen LogP contribution in [0.15, 0.2) is 0 Å². The van der Waals surface area contributed by atoms with E-state index in [2.05, 4.69) is 5.32 Å². The average Bonchev–Trinajstić information content (AvgIpc) is 2.64. The number of hydrogen-bond acceptors (Lipinski definition) is 4. The number of amides is 1. The molecular formula is C24H45NO5. The number of carboxylic acid groups (broad SMARTS) is 1. The lowest BCUT2D eigenvalue weighted by Gasteiger charge is -2.19. The highest BCUT2D eigenvalue weighted by atomic mass is 16.6. The number of rotatable bonds is 19. The van der Waals surface area contributed by atoms with E-state index in [1.165, 1.54) is 57.8 Å². The van der Waals surface area contributed by atoms with E-state index in [9.17, 15) is 14.4 Å². The molecule has 1 amide bonds. The quantitative estimate of drug-likeness (QED) is 0.202. The Bertz CT molecular complexity index is 471. The maximum Gasteiger partial charge on any atom is 0.322 e. The van der Waals surface area contributed by atoms with Crippen LogP contribution in [0.1, 0.15) is 124 Å². The van der Waals surface area contributed by atoms with Crippen molar-refractivity contribution in [1.82, 2.24) is 5.32 Å². The number of unbranched alkanes of at least 4 members (excludes halogenated alkanes) is 13. The SMILES string of the molecule is CC(C)(C)OC(=O)CCCCCCCCCCCCCCCCC(=O)NCC(=O)O. The molecule has 176 valence electrons. The Morgan fingerprint density at radius 3 is 1.40 bits per heavy atom. The molecule has 0 aromatic heterocycles. The van der Waals surface area contributed by atoms with Gasteiger partial charge in [-0.2, -0.15) is 0 Å². The fraction of sp³-hybridized carbons (Fsp3) is 0.875. The van der Waals surface area contributed by atoms with Gasteiger partial charge in [-0.05, 0) is 33.6 Å². The summed E-state index contributed by atoms with van der Waals surface area (Å²) in [5.74, 6) is -1.25. The van der Waals surface area contributed by atoms with Gasteiger partial charge < -0.3 is 15.2 Å². The second-order valence-electron chi connectivity index (χ2n) is 9.21. The third kappa shape index (κ3) is 22.7. The second-order valence-corrected chi connectivity index (χ2v) is 9.21. The summed E-state index contributed by atoms with van der Waals surface area (Å²) >= 11 is 0. The van der Waals surface area contributed by atoms with E-state index in [0.717, 1.165) is 32.1 Å². The molecule has 6 heteroatoms. The molecule has 0 rings (SSSR count). The fourth-order valence-corrected chi connectivity index (χ4v) is 3.33. The predicted molar refractivity (Wildman–Crippen MR) is 120 cm³/mol. The minimum absolute atomic E-state index is 0.0799. The first kappa shape index (κ1) is 28.4. The zero-order chi connectivity index (χ0) is 22.7. The summed E-state index contributed by atoms with van der Waals surface area (Å²) in [6, 6.07) is 0. The zero-order valence-corrected chi connectivity index (χ0v) is 19.6. The monoisotopic (exact) mass is 427 g/mol. The van der Waals surface area contributed by atoms with Gasteiger partial charge in [-0.15, -0.1) is 0 Å². The summed E-state index contributed by atoms with van der Waals surface area (Å²) < 4.78 is 5.31. The summed E-state index contributed by atoms with van der Waals surface area (Å²) in [7, 11) is 0. The Labute approximate surface area is 183 Å². The molecule has 0 atom stereocenters. The molecule has 6 nitrogen and oxygen atoms in total. The number of ether oxygens (including phenoxy) is 1. The number of carboxylic acids is 1. The van der Waals surface area contributed by atoms with Crippen LogP contribution in [0.5, 0.6) is 0 Å². The summed E-state index contributed by atoms with van der Waals surface area (Å²) in [5.41, 5.74) is -0.375. The summed E-state index contributed by atoms with van der Waals surface area (Å²) in [5, 5.41) is 10.9. The minimum atomic E-state index is -1.00. The first-order valence-corrected chi connectivity index (χ1v) is 11.9.